The summed E-state index contributed by atoms with van der Waals surface area (Å²) in [7, 11) is 0. The van der Waals surface area contributed by atoms with E-state index < -0.39 is 0 Å². The number of rotatable bonds is 4. The average Bonchev–Trinajstić information content (AvgIpc) is 3.67. The van der Waals surface area contributed by atoms with E-state index >= 15 is 0 Å². The van der Waals surface area contributed by atoms with Crippen LogP contribution in [0.2, 0.25) is 0 Å². The van der Waals surface area contributed by atoms with Gasteiger partial charge in [0.1, 0.15) is 0 Å². The van der Waals surface area contributed by atoms with E-state index in [9.17, 15) is 10.5 Å². The minimum atomic E-state index is 0.608. The summed E-state index contributed by atoms with van der Waals surface area (Å²) in [4.78, 5) is 0. The Labute approximate surface area is 277 Å². The maximum Gasteiger partial charge on any atom is 0.0998 e. The lowest BCUT2D eigenvalue weighted by Gasteiger charge is -2.16. The van der Waals surface area contributed by atoms with Crippen LogP contribution in [-0.2, 0) is 0 Å². The van der Waals surface area contributed by atoms with Gasteiger partial charge in [0.2, 0.25) is 0 Å². The lowest BCUT2D eigenvalue weighted by Crippen LogP contribution is -1.98. The minimum absolute atomic E-state index is 0.608. The van der Waals surface area contributed by atoms with E-state index in [4.69, 9.17) is 0 Å². The van der Waals surface area contributed by atoms with Gasteiger partial charge in [0, 0.05) is 38.5 Å². The van der Waals surface area contributed by atoms with E-state index in [0.29, 0.717) is 11.1 Å². The van der Waals surface area contributed by atoms with Gasteiger partial charge in [-0.2, -0.15) is 10.5 Å². The lowest BCUT2D eigenvalue weighted by atomic mass is 9.94. The summed E-state index contributed by atoms with van der Waals surface area (Å²) in [6.45, 7) is 0. The molecular weight excluding hydrogens is 585 g/mol. The van der Waals surface area contributed by atoms with Gasteiger partial charge in [-0.05, 0) is 89.5 Å². The number of benzene rings is 7. The molecule has 0 saturated carbocycles. The first-order valence-corrected chi connectivity index (χ1v) is 15.9. The molecule has 0 aliphatic rings. The van der Waals surface area contributed by atoms with Crippen LogP contribution in [0.5, 0.6) is 0 Å². The highest BCUT2D eigenvalue weighted by Gasteiger charge is 2.18. The predicted molar refractivity (Wildman–Crippen MR) is 195 cm³/mol. The number of para-hydroxylation sites is 3. The molecule has 9 rings (SSSR count). The Bertz CT molecular complexity index is 2750. The second-order valence-corrected chi connectivity index (χ2v) is 12.0. The van der Waals surface area contributed by atoms with E-state index in [2.05, 4.69) is 130 Å². The Kier molecular flexibility index (Phi) is 6.22. The molecule has 4 nitrogen and oxygen atoms in total. The van der Waals surface area contributed by atoms with Gasteiger partial charge in [0.15, 0.2) is 0 Å². The van der Waals surface area contributed by atoms with Gasteiger partial charge in [-0.25, -0.2) is 0 Å². The van der Waals surface area contributed by atoms with Crippen molar-refractivity contribution < 1.29 is 0 Å². The molecule has 9 aromatic rings. The second kappa shape index (κ2) is 10.9. The monoisotopic (exact) mass is 610 g/mol. The van der Waals surface area contributed by atoms with E-state index in [1.807, 2.05) is 48.5 Å². The Balaban J connectivity index is 1.34. The number of hydrogen-bond donors (Lipinski definition) is 0. The molecular formula is C44H26N4. The first kappa shape index (κ1) is 27.4. The maximum atomic E-state index is 10.4. The fraction of sp³-hybridized carbons (Fsp3) is 0. The molecule has 222 valence electrons. The molecule has 0 N–H and O–H groups in total. The molecule has 0 bridgehead atoms. The molecule has 0 unspecified atom stereocenters. The average molecular weight is 611 g/mol. The summed E-state index contributed by atoms with van der Waals surface area (Å²) in [6.07, 6.45) is 0. The zero-order chi connectivity index (χ0) is 32.2. The molecule has 48 heavy (non-hydrogen) atoms. The largest absolute Gasteiger partial charge is 0.309 e. The first-order chi connectivity index (χ1) is 23.7. The van der Waals surface area contributed by atoms with Crippen LogP contribution < -0.4 is 0 Å². The summed E-state index contributed by atoms with van der Waals surface area (Å²) >= 11 is 0. The van der Waals surface area contributed by atoms with Crippen molar-refractivity contribution in [2.75, 3.05) is 0 Å². The molecule has 0 atom stereocenters. The molecule has 0 aliphatic carbocycles. The van der Waals surface area contributed by atoms with Crippen molar-refractivity contribution in [2.45, 2.75) is 0 Å². The van der Waals surface area contributed by atoms with Gasteiger partial charge in [0.25, 0.3) is 0 Å². The molecule has 2 heterocycles. The van der Waals surface area contributed by atoms with Crippen molar-refractivity contribution in [2.24, 2.45) is 0 Å². The number of hydrogen-bond acceptors (Lipinski definition) is 2. The summed E-state index contributed by atoms with van der Waals surface area (Å²) in [5.74, 6) is 0. The van der Waals surface area contributed by atoms with Crippen LogP contribution in [0.4, 0.5) is 0 Å². The highest BCUT2D eigenvalue weighted by molar-refractivity contribution is 6.10. The minimum Gasteiger partial charge on any atom is -0.309 e. The maximum absolute atomic E-state index is 10.4. The molecule has 0 amide bonds. The van der Waals surface area contributed by atoms with E-state index in [1.165, 1.54) is 10.8 Å². The first-order valence-electron chi connectivity index (χ1n) is 15.9. The highest BCUT2D eigenvalue weighted by Crippen LogP contribution is 2.39. The molecule has 7 aromatic carbocycles. The molecule has 0 saturated heterocycles. The third kappa shape index (κ3) is 4.22. The Morgan fingerprint density at radius 2 is 0.938 bits per heavy atom. The molecule has 0 radical (unpaired) electrons. The number of fused-ring (bicyclic) bond motifs is 6. The fourth-order valence-electron chi connectivity index (χ4n) is 7.22. The number of nitriles is 2. The third-order valence-corrected chi connectivity index (χ3v) is 9.36. The molecule has 0 aliphatic heterocycles. The fourth-order valence-corrected chi connectivity index (χ4v) is 7.22. The topological polar surface area (TPSA) is 57.4 Å². The van der Waals surface area contributed by atoms with E-state index in [0.717, 1.165) is 66.5 Å². The van der Waals surface area contributed by atoms with E-state index in [1.54, 1.807) is 0 Å². The van der Waals surface area contributed by atoms with Crippen molar-refractivity contribution in [1.82, 2.24) is 9.13 Å². The van der Waals surface area contributed by atoms with Crippen molar-refractivity contribution in [3.05, 3.63) is 169 Å². The summed E-state index contributed by atoms with van der Waals surface area (Å²) in [5.41, 5.74) is 11.5. The number of nitrogens with zero attached hydrogens (tertiary/aromatic N) is 4. The van der Waals surface area contributed by atoms with Crippen molar-refractivity contribution in [3.63, 3.8) is 0 Å². The van der Waals surface area contributed by atoms with Crippen molar-refractivity contribution in [1.29, 1.82) is 10.5 Å². The number of aromatic nitrogens is 2. The van der Waals surface area contributed by atoms with Crippen LogP contribution in [0.3, 0.4) is 0 Å². The Morgan fingerprint density at radius 1 is 0.375 bits per heavy atom. The Morgan fingerprint density at radius 3 is 1.58 bits per heavy atom. The molecule has 2 aromatic heterocycles. The zero-order valence-electron chi connectivity index (χ0n) is 25.8. The standard InChI is InChI=1S/C44H26N4/c45-27-29-18-21-44-40(22-29)38-14-6-9-17-43(38)48(44)35-24-32(30-10-2-1-3-11-30)23-33(25-35)39-26-34(20-19-31(39)28-46)47-41-15-7-4-12-36(41)37-13-5-8-16-42(37)47/h1-26H. The molecule has 4 heteroatoms. The summed E-state index contributed by atoms with van der Waals surface area (Å²) in [5, 5.41) is 24.6. The van der Waals surface area contributed by atoms with Crippen LogP contribution in [0.1, 0.15) is 11.1 Å². The highest BCUT2D eigenvalue weighted by atomic mass is 15.0. The predicted octanol–water partition coefficient (Wildman–Crippen LogP) is 11.0. The van der Waals surface area contributed by atoms with Crippen LogP contribution in [0.15, 0.2) is 158 Å². The van der Waals surface area contributed by atoms with Crippen molar-refractivity contribution in [3.8, 4) is 45.8 Å². The normalized spacial score (nSPS) is 11.3. The van der Waals surface area contributed by atoms with Crippen LogP contribution in [-0.4, -0.2) is 9.13 Å². The third-order valence-electron chi connectivity index (χ3n) is 9.36. The SMILES string of the molecule is N#Cc1ccc2c(c1)c1ccccc1n2-c1cc(-c2ccccc2)cc(-c2cc(-n3c4ccccc4c4ccccc43)ccc2C#N)c1. The van der Waals surface area contributed by atoms with Crippen LogP contribution in [0, 0.1) is 22.7 Å². The molecule has 0 fully saturated rings. The van der Waals surface area contributed by atoms with Crippen LogP contribution in [0.25, 0.3) is 77.2 Å². The summed E-state index contributed by atoms with van der Waals surface area (Å²) < 4.78 is 4.56. The van der Waals surface area contributed by atoms with Gasteiger partial charge in [-0.3, -0.25) is 0 Å². The second-order valence-electron chi connectivity index (χ2n) is 12.0. The van der Waals surface area contributed by atoms with Crippen molar-refractivity contribution >= 4 is 43.6 Å². The van der Waals surface area contributed by atoms with Gasteiger partial charge in [-0.1, -0.05) is 84.9 Å². The van der Waals surface area contributed by atoms with Crippen LogP contribution >= 0.6 is 0 Å². The zero-order valence-corrected chi connectivity index (χ0v) is 25.8. The lowest BCUT2D eigenvalue weighted by molar-refractivity contribution is 1.17. The van der Waals surface area contributed by atoms with Gasteiger partial charge in [0.05, 0.1) is 45.3 Å². The van der Waals surface area contributed by atoms with Gasteiger partial charge in [-0.15, -0.1) is 0 Å². The Hall–Kier alpha value is -6.88. The quantitative estimate of drug-likeness (QED) is 0.199. The van der Waals surface area contributed by atoms with Gasteiger partial charge >= 0.3 is 0 Å². The van der Waals surface area contributed by atoms with Gasteiger partial charge < -0.3 is 9.13 Å². The molecule has 0 spiro atoms. The summed E-state index contributed by atoms with van der Waals surface area (Å²) in [6, 6.07) is 59.0. The smallest absolute Gasteiger partial charge is 0.0998 e. The van der Waals surface area contributed by atoms with E-state index in [-0.39, 0.29) is 0 Å².